The van der Waals surface area contributed by atoms with E-state index in [1.807, 2.05) is 0 Å². The first-order valence-electron chi connectivity index (χ1n) is 16.3. The molecule has 0 aliphatic heterocycles. The fourth-order valence-corrected chi connectivity index (χ4v) is 3.50. The minimum absolute atomic E-state index is 0.0108. The van der Waals surface area contributed by atoms with Crippen LogP contribution in [0.1, 0.15) is 49.8 Å². The Kier molecular flexibility index (Phi) is 8.70. The number of aliphatic hydroxyl groups is 2. The van der Waals surface area contributed by atoms with Gasteiger partial charge in [0.05, 0.1) is 30.7 Å². The second-order valence-corrected chi connectivity index (χ2v) is 9.50. The number of nitrogens with one attached hydrogen (secondary N) is 2. The molecule has 0 aliphatic rings. The highest BCUT2D eigenvalue weighted by Crippen LogP contribution is 2.17. The Hall–Kier alpha value is -3.70. The summed E-state index contributed by atoms with van der Waals surface area (Å²) in [5.74, 6) is -2.17. The number of carbonyl (C=O) groups is 3. The van der Waals surface area contributed by atoms with E-state index in [0.29, 0.717) is 5.56 Å². The van der Waals surface area contributed by atoms with Crippen LogP contribution < -0.4 is 15.5 Å². The van der Waals surface area contributed by atoms with Crippen molar-refractivity contribution in [2.75, 3.05) is 37.6 Å². The zero-order valence-corrected chi connectivity index (χ0v) is 22.7. The summed E-state index contributed by atoms with van der Waals surface area (Å²) < 4.78 is 86.1. The van der Waals surface area contributed by atoms with E-state index in [2.05, 4.69) is 10.6 Å². The van der Waals surface area contributed by atoms with Crippen molar-refractivity contribution in [1.82, 2.24) is 10.6 Å². The number of hydrogen-bond acceptors (Lipinski definition) is 8. The lowest BCUT2D eigenvalue weighted by atomic mass is 10.0. The molecule has 0 saturated heterocycles. The highest BCUT2D eigenvalue weighted by atomic mass is 19.1. The summed E-state index contributed by atoms with van der Waals surface area (Å²) in [5.41, 5.74) is -0.723. The lowest BCUT2D eigenvalue weighted by Gasteiger charge is -2.26. The number of amides is 2. The van der Waals surface area contributed by atoms with Crippen LogP contribution in [0.15, 0.2) is 48.5 Å². The van der Waals surface area contributed by atoms with Crippen molar-refractivity contribution in [2.24, 2.45) is 0 Å². The Balaban J connectivity index is 2.49. The zero-order chi connectivity index (χ0) is 36.9. The van der Waals surface area contributed by atoms with Crippen molar-refractivity contribution in [3.8, 4) is 0 Å². The van der Waals surface area contributed by atoms with Gasteiger partial charge in [0.1, 0.15) is 23.5 Å². The van der Waals surface area contributed by atoms with Gasteiger partial charge in [-0.1, -0.05) is 24.3 Å². The van der Waals surface area contributed by atoms with Crippen molar-refractivity contribution >= 4 is 23.7 Å². The van der Waals surface area contributed by atoms with Gasteiger partial charge in [0.25, 0.3) is 0 Å². The summed E-state index contributed by atoms with van der Waals surface area (Å²) >= 11 is 0. The first-order chi connectivity index (χ1) is 21.8. The van der Waals surface area contributed by atoms with Gasteiger partial charge < -0.3 is 35.2 Å². The number of carbonyl (C=O) groups excluding carboxylic acids is 3. The fraction of sp³-hybridized carbons (Fsp3) is 0.483. The average molecular weight is 570 g/mol. The van der Waals surface area contributed by atoms with Crippen molar-refractivity contribution < 1.29 is 49.4 Å². The van der Waals surface area contributed by atoms with Crippen LogP contribution in [0.3, 0.4) is 0 Å². The Morgan fingerprint density at radius 1 is 0.925 bits per heavy atom. The summed E-state index contributed by atoms with van der Waals surface area (Å²) in [7, 11) is 0. The van der Waals surface area contributed by atoms with E-state index in [1.54, 1.807) is 27.7 Å². The van der Waals surface area contributed by atoms with Crippen molar-refractivity contribution in [1.29, 1.82) is 0 Å². The number of alkyl carbamates (subject to hydrolysis) is 1. The average Bonchev–Trinajstić information content (AvgIpc) is 2.92. The second-order valence-electron chi connectivity index (χ2n) is 9.50. The first kappa shape index (κ1) is 22.0. The van der Waals surface area contributed by atoms with E-state index in [4.69, 9.17) is 20.4 Å². The molecule has 220 valence electrons. The van der Waals surface area contributed by atoms with Crippen LogP contribution in [-0.2, 0) is 31.9 Å². The van der Waals surface area contributed by atoms with E-state index in [1.165, 1.54) is 36.4 Å². The predicted octanol–water partition coefficient (Wildman–Crippen LogP) is 2.34. The first-order valence-corrected chi connectivity index (χ1v) is 12.3. The molecule has 0 bridgehead atoms. The van der Waals surface area contributed by atoms with E-state index in [9.17, 15) is 29.0 Å². The number of rotatable bonds is 14. The maximum Gasteiger partial charge on any atom is 0.408 e. The van der Waals surface area contributed by atoms with E-state index < -0.39 is 73.3 Å². The molecular formula is C29H40FN3O7. The fourth-order valence-electron chi connectivity index (χ4n) is 3.50. The van der Waals surface area contributed by atoms with Crippen LogP contribution in [0.5, 0.6) is 0 Å². The number of benzene rings is 2. The molecule has 0 fully saturated rings. The largest absolute Gasteiger partial charge is 0.464 e. The quantitative estimate of drug-likeness (QED) is 0.255. The molecule has 0 spiro atoms. The third-order valence-corrected chi connectivity index (χ3v) is 5.21. The maximum atomic E-state index is 13.6. The molecule has 0 unspecified atom stereocenters. The van der Waals surface area contributed by atoms with Gasteiger partial charge in [-0.25, -0.2) is 14.0 Å². The number of anilines is 1. The molecule has 0 aromatic heterocycles. The molecule has 10 nitrogen and oxygen atoms in total. The van der Waals surface area contributed by atoms with Crippen molar-refractivity contribution in [2.45, 2.75) is 58.2 Å². The molecule has 2 aromatic carbocycles. The number of nitrogens with zero attached hydrogens (tertiary/aromatic N) is 1. The number of hydrogen-bond donors (Lipinski definition) is 4. The summed E-state index contributed by atoms with van der Waals surface area (Å²) in [5, 5.41) is 24.7. The lowest BCUT2D eigenvalue weighted by molar-refractivity contribution is -0.147. The molecule has 40 heavy (non-hydrogen) atoms. The molecule has 4 N–H and O–H groups in total. The Bertz CT molecular complexity index is 1390. The van der Waals surface area contributed by atoms with Crippen molar-refractivity contribution in [3.05, 3.63) is 65.5 Å². The SMILES string of the molecule is [2H]C([2H])(O)C([2H])([2H])N(c1ccc(C[C@H](NC(=O)OC(C)(C)C)C(=O)N[C@@H](Cc2ccc(F)cc2)C(=O)OCC)cc1)C([2H])([2H])C([2H])([2H])O. The van der Waals surface area contributed by atoms with Crippen LogP contribution in [0, 0.1) is 5.82 Å². The normalized spacial score (nSPS) is 17.1. The molecule has 11 heteroatoms. The predicted molar refractivity (Wildman–Crippen MR) is 148 cm³/mol. The molecule has 0 aliphatic carbocycles. The van der Waals surface area contributed by atoms with E-state index in [0.717, 1.165) is 12.1 Å². The minimum atomic E-state index is -3.74. The summed E-state index contributed by atoms with van der Waals surface area (Å²) in [6.45, 7) is -8.41. The molecular weight excluding hydrogens is 521 g/mol. The lowest BCUT2D eigenvalue weighted by Crippen LogP contribution is -2.54. The minimum Gasteiger partial charge on any atom is -0.464 e. The van der Waals surface area contributed by atoms with E-state index >= 15 is 0 Å². The second kappa shape index (κ2) is 15.8. The molecule has 0 saturated carbocycles. The number of halogens is 1. The van der Waals surface area contributed by atoms with Gasteiger partial charge in [0, 0.05) is 31.5 Å². The van der Waals surface area contributed by atoms with Gasteiger partial charge in [0.15, 0.2) is 0 Å². The van der Waals surface area contributed by atoms with Crippen LogP contribution in [-0.4, -0.2) is 78.6 Å². The Labute approximate surface area is 245 Å². The third kappa shape index (κ3) is 11.2. The Morgan fingerprint density at radius 3 is 1.95 bits per heavy atom. The third-order valence-electron chi connectivity index (χ3n) is 5.21. The van der Waals surface area contributed by atoms with Gasteiger partial charge in [-0.15, -0.1) is 0 Å². The highest BCUT2D eigenvalue weighted by Gasteiger charge is 2.29. The molecule has 0 heterocycles. The smallest absolute Gasteiger partial charge is 0.408 e. The monoisotopic (exact) mass is 569 g/mol. The van der Waals surface area contributed by atoms with E-state index in [-0.39, 0.29) is 29.9 Å². The highest BCUT2D eigenvalue weighted by molar-refractivity contribution is 5.90. The number of ether oxygens (including phenoxy) is 2. The zero-order valence-electron chi connectivity index (χ0n) is 30.7. The summed E-state index contributed by atoms with van der Waals surface area (Å²) in [6, 6.07) is 7.04. The van der Waals surface area contributed by atoms with Gasteiger partial charge in [0.2, 0.25) is 5.91 Å². The Morgan fingerprint density at radius 2 is 1.45 bits per heavy atom. The summed E-state index contributed by atoms with van der Waals surface area (Å²) in [6.07, 6.45) is -1.37. The number of esters is 1. The van der Waals surface area contributed by atoms with Crippen LogP contribution >= 0.6 is 0 Å². The molecule has 2 atom stereocenters. The van der Waals surface area contributed by atoms with Crippen LogP contribution in [0.2, 0.25) is 0 Å². The van der Waals surface area contributed by atoms with Gasteiger partial charge in [-0.05, 0) is 63.1 Å². The standard InChI is InChI=1S/C29H40FN3O7/c1-5-39-27(37)25(19-20-6-10-22(30)11-7-20)31-26(36)24(32-28(38)40-29(2,3)4)18-21-8-12-23(13-9-21)33(14-16-34)15-17-35/h6-13,24-25,34-35H,5,14-19H2,1-4H3,(H,31,36)(H,32,38)/t24-,25-/m0/s1/i14D2,15D2,16D2,17D2. The van der Waals surface area contributed by atoms with Crippen molar-refractivity contribution in [3.63, 3.8) is 0 Å². The molecule has 2 aromatic rings. The van der Waals surface area contributed by atoms with Crippen LogP contribution in [0.25, 0.3) is 0 Å². The van der Waals surface area contributed by atoms with Gasteiger partial charge in [-0.3, -0.25) is 4.79 Å². The summed E-state index contributed by atoms with van der Waals surface area (Å²) in [4.78, 5) is 39.0. The van der Waals surface area contributed by atoms with Gasteiger partial charge >= 0.3 is 12.1 Å². The van der Waals surface area contributed by atoms with Gasteiger partial charge in [-0.2, -0.15) is 0 Å². The molecule has 2 rings (SSSR count). The van der Waals surface area contributed by atoms with Crippen LogP contribution in [0.4, 0.5) is 14.9 Å². The topological polar surface area (TPSA) is 137 Å². The molecule has 2 amide bonds. The molecule has 0 radical (unpaired) electrons. The maximum absolute atomic E-state index is 13.6.